The monoisotopic (exact) mass is 166 g/mol. The number of nitrogens with zero attached hydrogens (tertiary/aromatic N) is 1. The largest absolute Gasteiger partial charge is 0.346 e. The normalized spacial score (nSPS) is 8.91. The maximum Gasteiger partial charge on any atom is 0.137 e. The summed E-state index contributed by atoms with van der Waals surface area (Å²) in [4.78, 5) is 7.09. The molecular weight excluding hydrogens is 156 g/mol. The predicted octanol–water partition coefficient (Wildman–Crippen LogP) is 2.11. The fourth-order valence-corrected chi connectivity index (χ4v) is 0.883. The first kappa shape index (κ1) is 8.14. The van der Waals surface area contributed by atoms with Gasteiger partial charge in [0.05, 0.1) is 0 Å². The molecule has 0 aromatic carbocycles. The van der Waals surface area contributed by atoms with E-state index < -0.39 is 0 Å². The number of nitrogens with one attached hydrogen (secondary N) is 1. The van der Waals surface area contributed by atoms with Crippen LogP contribution in [0.15, 0.2) is 30.6 Å². The molecule has 11 heavy (non-hydrogen) atoms. The van der Waals surface area contributed by atoms with E-state index in [1.54, 1.807) is 12.5 Å². The minimum absolute atomic E-state index is 0.956. The Hall–Kier alpha value is -0.960. The number of hydrogen-bond donors (Lipinski definition) is 2. The van der Waals surface area contributed by atoms with Gasteiger partial charge in [-0.3, -0.25) is 0 Å². The van der Waals surface area contributed by atoms with Crippen molar-refractivity contribution in [3.05, 3.63) is 30.6 Å². The molecule has 2 aromatic rings. The maximum absolute atomic E-state index is 4.09. The van der Waals surface area contributed by atoms with Crippen molar-refractivity contribution in [1.29, 1.82) is 0 Å². The summed E-state index contributed by atoms with van der Waals surface area (Å²) in [6.45, 7) is 0. The average molecular weight is 166 g/mol. The van der Waals surface area contributed by atoms with Crippen LogP contribution in [0.2, 0.25) is 0 Å². The van der Waals surface area contributed by atoms with Gasteiger partial charge in [-0.15, -0.1) is 0 Å². The summed E-state index contributed by atoms with van der Waals surface area (Å²) in [5, 5.41) is 1.16. The van der Waals surface area contributed by atoms with Gasteiger partial charge in [-0.2, -0.15) is 12.6 Å². The third kappa shape index (κ3) is 1.74. The Labute approximate surface area is 71.1 Å². The molecule has 0 aliphatic heterocycles. The molecule has 0 fully saturated rings. The molecule has 0 saturated heterocycles. The van der Waals surface area contributed by atoms with Crippen LogP contribution >= 0.6 is 12.6 Å². The molecule has 58 valence electrons. The summed E-state index contributed by atoms with van der Waals surface area (Å²) >= 11 is 3.53. The zero-order chi connectivity index (χ0) is 8.10. The lowest BCUT2D eigenvalue weighted by atomic mass is 10.3. The van der Waals surface area contributed by atoms with Crippen LogP contribution in [-0.2, 0) is 0 Å². The summed E-state index contributed by atoms with van der Waals surface area (Å²) in [5.74, 6) is 0. The van der Waals surface area contributed by atoms with Gasteiger partial charge < -0.3 is 4.98 Å². The highest BCUT2D eigenvalue weighted by atomic mass is 32.1. The van der Waals surface area contributed by atoms with E-state index in [0.29, 0.717) is 0 Å². The van der Waals surface area contributed by atoms with Gasteiger partial charge in [0.15, 0.2) is 0 Å². The smallest absolute Gasteiger partial charge is 0.137 e. The van der Waals surface area contributed by atoms with Gasteiger partial charge in [0.25, 0.3) is 0 Å². The Bertz CT molecular complexity index is 286. The third-order valence-corrected chi connectivity index (χ3v) is 1.32. The van der Waals surface area contributed by atoms with Gasteiger partial charge in [0.1, 0.15) is 5.65 Å². The predicted molar refractivity (Wildman–Crippen MR) is 51.0 cm³/mol. The van der Waals surface area contributed by atoms with Crippen molar-refractivity contribution in [1.82, 2.24) is 9.97 Å². The molecule has 0 spiro atoms. The third-order valence-electron chi connectivity index (χ3n) is 1.32. The molecule has 0 radical (unpaired) electrons. The number of aromatic amines is 1. The van der Waals surface area contributed by atoms with Crippen LogP contribution in [0.25, 0.3) is 11.0 Å². The summed E-state index contributed by atoms with van der Waals surface area (Å²) in [6, 6.07) is 5.96. The zero-order valence-corrected chi connectivity index (χ0v) is 7.18. The van der Waals surface area contributed by atoms with Crippen LogP contribution in [0, 0.1) is 0 Å². The molecule has 2 rings (SSSR count). The van der Waals surface area contributed by atoms with Crippen molar-refractivity contribution < 1.29 is 0 Å². The van der Waals surface area contributed by atoms with Gasteiger partial charge in [0, 0.05) is 17.8 Å². The van der Waals surface area contributed by atoms with Gasteiger partial charge in [-0.25, -0.2) is 4.98 Å². The van der Waals surface area contributed by atoms with E-state index in [2.05, 4.69) is 22.6 Å². The molecule has 0 amide bonds. The van der Waals surface area contributed by atoms with Crippen LogP contribution in [0.3, 0.4) is 0 Å². The first-order chi connectivity index (χ1) is 5.47. The van der Waals surface area contributed by atoms with E-state index in [9.17, 15) is 0 Å². The lowest BCUT2D eigenvalue weighted by Gasteiger charge is -1.82. The van der Waals surface area contributed by atoms with E-state index in [-0.39, 0.29) is 0 Å². The second kappa shape index (κ2) is 4.03. The molecule has 0 aliphatic carbocycles. The number of pyridine rings is 1. The molecule has 2 nitrogen and oxygen atoms in total. The average Bonchev–Trinajstić information content (AvgIpc) is 2.55. The first-order valence-electron chi connectivity index (χ1n) is 3.30. The second-order valence-electron chi connectivity index (χ2n) is 1.92. The molecule has 0 bridgehead atoms. The Morgan fingerprint density at radius 3 is 2.91 bits per heavy atom. The zero-order valence-electron chi connectivity index (χ0n) is 6.28. The van der Waals surface area contributed by atoms with Crippen LogP contribution in [-0.4, -0.2) is 16.2 Å². The molecule has 0 atom stereocenters. The van der Waals surface area contributed by atoms with Crippen LogP contribution in [0.1, 0.15) is 0 Å². The highest BCUT2D eigenvalue weighted by molar-refractivity contribution is 7.79. The lowest BCUT2D eigenvalue weighted by molar-refractivity contribution is 1.33. The summed E-state index contributed by atoms with van der Waals surface area (Å²) in [5.41, 5.74) is 0.956. The van der Waals surface area contributed by atoms with Gasteiger partial charge in [-0.1, -0.05) is 0 Å². The second-order valence-corrected chi connectivity index (χ2v) is 1.92. The number of H-pyrrole nitrogens is 1. The number of hydrogen-bond acceptors (Lipinski definition) is 2. The molecule has 2 heterocycles. The van der Waals surface area contributed by atoms with Gasteiger partial charge in [0.2, 0.25) is 0 Å². The van der Waals surface area contributed by atoms with Crippen LogP contribution in [0.5, 0.6) is 0 Å². The van der Waals surface area contributed by atoms with Crippen molar-refractivity contribution in [2.45, 2.75) is 0 Å². The van der Waals surface area contributed by atoms with E-state index in [4.69, 9.17) is 0 Å². The molecule has 3 heteroatoms. The van der Waals surface area contributed by atoms with Crippen LogP contribution in [0.4, 0.5) is 0 Å². The van der Waals surface area contributed by atoms with Gasteiger partial charge in [-0.05, 0) is 24.5 Å². The Morgan fingerprint density at radius 2 is 2.18 bits per heavy atom. The standard InChI is InChI=1S/C7H6N2.CH4S/c1-2-6-3-5-9-7(6)8-4-1;1-2/h1-5H,(H,8,9);2H,1H3. The Morgan fingerprint density at radius 1 is 1.36 bits per heavy atom. The maximum atomic E-state index is 4.09. The fourth-order valence-electron chi connectivity index (χ4n) is 0.883. The number of aromatic nitrogens is 2. The molecule has 0 aliphatic rings. The summed E-state index contributed by atoms with van der Waals surface area (Å²) in [6.07, 6.45) is 5.36. The van der Waals surface area contributed by atoms with Crippen molar-refractivity contribution in [3.8, 4) is 0 Å². The van der Waals surface area contributed by atoms with Crippen molar-refractivity contribution in [2.24, 2.45) is 0 Å². The number of thiol groups is 1. The Balaban J connectivity index is 0.000000281. The van der Waals surface area contributed by atoms with E-state index in [1.807, 2.05) is 24.4 Å². The molecule has 0 saturated carbocycles. The topological polar surface area (TPSA) is 28.7 Å². The first-order valence-corrected chi connectivity index (χ1v) is 4.19. The van der Waals surface area contributed by atoms with Crippen molar-refractivity contribution in [3.63, 3.8) is 0 Å². The highest BCUT2D eigenvalue weighted by Crippen LogP contribution is 2.05. The van der Waals surface area contributed by atoms with Crippen molar-refractivity contribution >= 4 is 23.7 Å². The number of rotatable bonds is 0. The molecule has 1 N–H and O–H groups in total. The van der Waals surface area contributed by atoms with E-state index in [0.717, 1.165) is 11.0 Å². The van der Waals surface area contributed by atoms with E-state index >= 15 is 0 Å². The Kier molecular flexibility index (Phi) is 2.98. The minimum Gasteiger partial charge on any atom is -0.346 e. The molecular formula is C8H10N2S. The lowest BCUT2D eigenvalue weighted by Crippen LogP contribution is -1.70. The fraction of sp³-hybridized carbons (Fsp3) is 0.125. The van der Waals surface area contributed by atoms with Crippen LogP contribution < -0.4 is 0 Å². The SMILES string of the molecule is CS.c1cnc2[nH]ccc2c1. The summed E-state index contributed by atoms with van der Waals surface area (Å²) in [7, 11) is 0. The highest BCUT2D eigenvalue weighted by Gasteiger charge is 1.88. The minimum atomic E-state index is 0.956. The summed E-state index contributed by atoms with van der Waals surface area (Å²) < 4.78 is 0. The van der Waals surface area contributed by atoms with Gasteiger partial charge >= 0.3 is 0 Å². The molecule has 0 unspecified atom stereocenters. The van der Waals surface area contributed by atoms with E-state index in [1.165, 1.54) is 0 Å². The van der Waals surface area contributed by atoms with Crippen molar-refractivity contribution in [2.75, 3.05) is 6.26 Å². The number of fused-ring (bicyclic) bond motifs is 1. The molecule has 2 aromatic heterocycles. The quantitative estimate of drug-likeness (QED) is 0.576.